The minimum atomic E-state index is 0.639. The smallest absolute Gasteiger partial charge is 0.222 e. The quantitative estimate of drug-likeness (QED) is 0.608. The molecule has 0 atom stereocenters. The van der Waals surface area contributed by atoms with E-state index in [9.17, 15) is 0 Å². The molecule has 0 spiro atoms. The first-order chi connectivity index (χ1) is 12.3. The molecule has 4 aromatic rings. The molecule has 0 aliphatic rings. The first kappa shape index (κ1) is 15.3. The van der Waals surface area contributed by atoms with Crippen LogP contribution in [0.4, 0.5) is 5.95 Å². The van der Waals surface area contributed by atoms with Gasteiger partial charge in [-0.05, 0) is 24.6 Å². The van der Waals surface area contributed by atoms with Gasteiger partial charge in [0.25, 0.3) is 0 Å². The van der Waals surface area contributed by atoms with Gasteiger partial charge in [-0.2, -0.15) is 0 Å². The largest absolute Gasteiger partial charge is 0.354 e. The molecule has 1 N–H and O–H groups in total. The van der Waals surface area contributed by atoms with Crippen LogP contribution < -0.4 is 5.32 Å². The van der Waals surface area contributed by atoms with E-state index in [1.54, 1.807) is 18.6 Å². The summed E-state index contributed by atoms with van der Waals surface area (Å²) in [5.41, 5.74) is 3.95. The van der Waals surface area contributed by atoms with E-state index in [0.29, 0.717) is 5.95 Å². The van der Waals surface area contributed by atoms with Crippen LogP contribution in [0.1, 0.15) is 13.3 Å². The number of hydrogen-bond acceptors (Lipinski definition) is 5. The third-order valence-electron chi connectivity index (χ3n) is 4.07. The van der Waals surface area contributed by atoms with Gasteiger partial charge in [0.15, 0.2) is 0 Å². The van der Waals surface area contributed by atoms with Crippen molar-refractivity contribution >= 4 is 17.0 Å². The lowest BCUT2D eigenvalue weighted by Gasteiger charge is -2.09. The fourth-order valence-corrected chi connectivity index (χ4v) is 2.76. The summed E-state index contributed by atoms with van der Waals surface area (Å²) in [6.07, 6.45) is 10.2. The summed E-state index contributed by atoms with van der Waals surface area (Å²) in [4.78, 5) is 17.6. The summed E-state index contributed by atoms with van der Waals surface area (Å²) in [5.74, 6) is 1.45. The molecule has 0 fully saturated rings. The van der Waals surface area contributed by atoms with Gasteiger partial charge in [0.2, 0.25) is 5.95 Å². The van der Waals surface area contributed by atoms with Crippen molar-refractivity contribution in [1.82, 2.24) is 29.1 Å². The van der Waals surface area contributed by atoms with Crippen molar-refractivity contribution in [3.8, 4) is 17.1 Å². The molecule has 3 aromatic heterocycles. The Kier molecular flexibility index (Phi) is 3.89. The lowest BCUT2D eigenvalue weighted by atomic mass is 10.2. The van der Waals surface area contributed by atoms with Gasteiger partial charge >= 0.3 is 0 Å². The molecule has 0 saturated carbocycles. The van der Waals surface area contributed by atoms with E-state index in [1.807, 2.05) is 40.8 Å². The highest BCUT2D eigenvalue weighted by atomic mass is 15.1. The van der Waals surface area contributed by atoms with E-state index in [4.69, 9.17) is 0 Å². The van der Waals surface area contributed by atoms with Crippen LogP contribution in [-0.4, -0.2) is 35.6 Å². The highest BCUT2D eigenvalue weighted by Gasteiger charge is 2.10. The first-order valence-corrected chi connectivity index (χ1v) is 8.27. The first-order valence-electron chi connectivity index (χ1n) is 8.27. The van der Waals surface area contributed by atoms with Crippen LogP contribution in [0, 0.1) is 0 Å². The monoisotopic (exact) mass is 333 g/mol. The zero-order chi connectivity index (χ0) is 17.2. The minimum Gasteiger partial charge on any atom is -0.354 e. The third-order valence-corrected chi connectivity index (χ3v) is 4.07. The molecule has 0 aliphatic carbocycles. The Morgan fingerprint density at radius 3 is 2.72 bits per heavy atom. The predicted molar refractivity (Wildman–Crippen MR) is 97.6 cm³/mol. The van der Waals surface area contributed by atoms with Gasteiger partial charge in [-0.15, -0.1) is 0 Å². The lowest BCUT2D eigenvalue weighted by molar-refractivity contribution is 0.945. The maximum atomic E-state index is 4.48. The number of aryl methyl sites for hydroxylation is 1. The maximum Gasteiger partial charge on any atom is 0.222 e. The molecule has 7 nitrogen and oxygen atoms in total. The second kappa shape index (κ2) is 6.35. The average molecular weight is 333 g/mol. The number of nitrogens with one attached hydrogen (secondary N) is 1. The Morgan fingerprint density at radius 2 is 1.92 bits per heavy atom. The van der Waals surface area contributed by atoms with Crippen LogP contribution in [-0.2, 0) is 7.05 Å². The minimum absolute atomic E-state index is 0.639. The van der Waals surface area contributed by atoms with Gasteiger partial charge in [0, 0.05) is 44.1 Å². The molecule has 7 heteroatoms. The van der Waals surface area contributed by atoms with Gasteiger partial charge < -0.3 is 9.88 Å². The fraction of sp³-hybridized carbons (Fsp3) is 0.222. The number of rotatable bonds is 5. The molecular formula is C18H19N7. The topological polar surface area (TPSA) is 73.5 Å². The lowest BCUT2D eigenvalue weighted by Crippen LogP contribution is -2.04. The highest BCUT2D eigenvalue weighted by molar-refractivity contribution is 5.78. The summed E-state index contributed by atoms with van der Waals surface area (Å²) in [5, 5.41) is 3.18. The van der Waals surface area contributed by atoms with E-state index in [1.165, 1.54) is 0 Å². The van der Waals surface area contributed by atoms with Gasteiger partial charge in [0.05, 0.1) is 22.9 Å². The molecular weight excluding hydrogens is 314 g/mol. The van der Waals surface area contributed by atoms with Crippen molar-refractivity contribution in [2.24, 2.45) is 7.05 Å². The van der Waals surface area contributed by atoms with E-state index in [-0.39, 0.29) is 0 Å². The molecule has 3 heterocycles. The van der Waals surface area contributed by atoms with Crippen LogP contribution in [0.3, 0.4) is 0 Å². The summed E-state index contributed by atoms with van der Waals surface area (Å²) >= 11 is 0. The second-order valence-electron chi connectivity index (χ2n) is 5.87. The molecule has 126 valence electrons. The van der Waals surface area contributed by atoms with Crippen LogP contribution in [0.2, 0.25) is 0 Å². The Balaban J connectivity index is 1.70. The van der Waals surface area contributed by atoms with Crippen LogP contribution >= 0.6 is 0 Å². The van der Waals surface area contributed by atoms with Crippen LogP contribution in [0.15, 0.2) is 49.3 Å². The van der Waals surface area contributed by atoms with Crippen molar-refractivity contribution in [2.45, 2.75) is 13.3 Å². The fourth-order valence-electron chi connectivity index (χ4n) is 2.76. The van der Waals surface area contributed by atoms with E-state index in [2.05, 4.69) is 38.2 Å². The van der Waals surface area contributed by atoms with Crippen LogP contribution in [0.5, 0.6) is 0 Å². The van der Waals surface area contributed by atoms with Crippen molar-refractivity contribution in [3.63, 3.8) is 0 Å². The Morgan fingerprint density at radius 1 is 1.08 bits per heavy atom. The van der Waals surface area contributed by atoms with Crippen molar-refractivity contribution in [1.29, 1.82) is 0 Å². The van der Waals surface area contributed by atoms with Crippen LogP contribution in [0.25, 0.3) is 28.1 Å². The maximum absolute atomic E-state index is 4.48. The molecule has 0 saturated heterocycles. The van der Waals surface area contributed by atoms with Gasteiger partial charge in [-0.3, -0.25) is 4.57 Å². The predicted octanol–water partition coefficient (Wildman–Crippen LogP) is 3.04. The molecule has 1 aromatic carbocycles. The third kappa shape index (κ3) is 2.84. The van der Waals surface area contributed by atoms with Crippen molar-refractivity contribution < 1.29 is 0 Å². The van der Waals surface area contributed by atoms with Crippen molar-refractivity contribution in [2.75, 3.05) is 11.9 Å². The number of imidazole rings is 2. The Labute approximate surface area is 145 Å². The second-order valence-corrected chi connectivity index (χ2v) is 5.87. The molecule has 4 rings (SSSR count). The molecule has 25 heavy (non-hydrogen) atoms. The summed E-state index contributed by atoms with van der Waals surface area (Å²) < 4.78 is 4.04. The molecule has 0 radical (unpaired) electrons. The number of nitrogens with zero attached hydrogens (tertiary/aromatic N) is 6. The van der Waals surface area contributed by atoms with Gasteiger partial charge in [0.1, 0.15) is 5.82 Å². The normalized spacial score (nSPS) is 11.1. The van der Waals surface area contributed by atoms with E-state index < -0.39 is 0 Å². The number of benzene rings is 1. The number of fused-ring (bicyclic) bond motifs is 1. The zero-order valence-electron chi connectivity index (χ0n) is 14.2. The number of aromatic nitrogens is 6. The Bertz CT molecular complexity index is 998. The number of hydrogen-bond donors (Lipinski definition) is 1. The molecule has 0 unspecified atom stereocenters. The Hall–Kier alpha value is -3.22. The molecule has 0 aliphatic heterocycles. The highest BCUT2D eigenvalue weighted by Crippen LogP contribution is 2.23. The summed E-state index contributed by atoms with van der Waals surface area (Å²) in [6, 6.07) is 6.16. The zero-order valence-corrected chi connectivity index (χ0v) is 14.2. The SMILES string of the molecule is CCCNc1ncc(-c2nccn2-c2ccc3ncn(C)c3c2)cn1. The van der Waals surface area contributed by atoms with Gasteiger partial charge in [-0.25, -0.2) is 19.9 Å². The molecule has 0 amide bonds. The average Bonchev–Trinajstić information content (AvgIpc) is 3.27. The van der Waals surface area contributed by atoms with Gasteiger partial charge in [-0.1, -0.05) is 6.92 Å². The molecule has 0 bridgehead atoms. The van der Waals surface area contributed by atoms with Crippen molar-refractivity contribution in [3.05, 3.63) is 49.3 Å². The van der Waals surface area contributed by atoms with E-state index >= 15 is 0 Å². The standard InChI is InChI=1S/C18H19N7/c1-3-6-20-18-21-10-13(11-22-18)17-19-7-8-25(17)14-4-5-15-16(9-14)24(2)12-23-15/h4-5,7-12H,3,6H2,1-2H3,(H,20,21,22). The summed E-state index contributed by atoms with van der Waals surface area (Å²) in [7, 11) is 1.99. The summed E-state index contributed by atoms with van der Waals surface area (Å²) in [6.45, 7) is 2.97. The van der Waals surface area contributed by atoms with E-state index in [0.717, 1.165) is 41.1 Å². The number of anilines is 1.